The summed E-state index contributed by atoms with van der Waals surface area (Å²) in [5.74, 6) is 0.0500. The third-order valence-corrected chi connectivity index (χ3v) is 2.74. The Labute approximate surface area is 87.9 Å². The quantitative estimate of drug-likeness (QED) is 0.435. The van der Waals surface area contributed by atoms with Crippen molar-refractivity contribution in [3.63, 3.8) is 0 Å². The lowest BCUT2D eigenvalue weighted by Gasteiger charge is -2.24. The molecule has 0 spiro atoms. The molecule has 2 rings (SSSR count). The first-order valence-corrected chi connectivity index (χ1v) is 5.07. The third kappa shape index (κ3) is 1.80. The number of nitrogens with two attached hydrogens (primary N) is 2. The first-order valence-electron chi connectivity index (χ1n) is 5.07. The van der Waals surface area contributed by atoms with Crippen LogP contribution in [0.5, 0.6) is 0 Å². The van der Waals surface area contributed by atoms with Gasteiger partial charge >= 0.3 is 5.95 Å². The molecule has 1 aliphatic rings. The van der Waals surface area contributed by atoms with E-state index in [4.69, 9.17) is 11.5 Å². The highest BCUT2D eigenvalue weighted by molar-refractivity contribution is 5.37. The van der Waals surface area contributed by atoms with Gasteiger partial charge in [-0.1, -0.05) is 6.42 Å². The van der Waals surface area contributed by atoms with Gasteiger partial charge in [-0.2, -0.15) is 0 Å². The minimum absolute atomic E-state index is 0.105. The van der Waals surface area contributed by atoms with Crippen LogP contribution in [0, 0.1) is 5.21 Å². The number of hydrogen-bond acceptors (Lipinski definition) is 5. The highest BCUT2D eigenvalue weighted by Crippen LogP contribution is 2.25. The molecule has 1 aromatic heterocycles. The van der Waals surface area contributed by atoms with Gasteiger partial charge in [0.05, 0.1) is 11.8 Å². The minimum Gasteiger partial charge on any atom is -0.754 e. The maximum absolute atomic E-state index is 11.4. The number of nitrogen functional groups attached to an aromatic ring is 2. The molecular weight excluding hydrogens is 194 g/mol. The molecule has 0 bridgehead atoms. The Kier molecular flexibility index (Phi) is 2.59. The van der Waals surface area contributed by atoms with E-state index >= 15 is 0 Å². The fourth-order valence-corrected chi connectivity index (χ4v) is 1.88. The largest absolute Gasteiger partial charge is 0.754 e. The number of nitrogens with zero attached hydrogens (tertiary/aromatic N) is 2. The van der Waals surface area contributed by atoms with Gasteiger partial charge in [-0.05, 0) is 19.4 Å². The first-order chi connectivity index (χ1) is 7.20. The zero-order chi connectivity index (χ0) is 10.8. The number of hydrogen-bond donors (Lipinski definition) is 3. The van der Waals surface area contributed by atoms with Gasteiger partial charge in [0.2, 0.25) is 0 Å². The molecule has 82 valence electrons. The van der Waals surface area contributed by atoms with Gasteiger partial charge in [-0.3, -0.25) is 0 Å². The average molecular weight is 209 g/mol. The average Bonchev–Trinajstić information content (AvgIpc) is 2.27. The summed E-state index contributed by atoms with van der Waals surface area (Å²) in [6.07, 6.45) is 4.87. The van der Waals surface area contributed by atoms with Crippen LogP contribution >= 0.6 is 0 Å². The van der Waals surface area contributed by atoms with Crippen LogP contribution in [-0.4, -0.2) is 11.5 Å². The molecule has 1 fully saturated rings. The molecule has 1 saturated heterocycles. The summed E-state index contributed by atoms with van der Waals surface area (Å²) in [6.45, 7) is 0.952. The van der Waals surface area contributed by atoms with Crippen molar-refractivity contribution in [2.24, 2.45) is 0 Å². The van der Waals surface area contributed by atoms with Crippen molar-refractivity contribution in [1.82, 2.24) is 10.3 Å². The Bertz CT molecular complexity index is 362. The van der Waals surface area contributed by atoms with Crippen LogP contribution in [0.25, 0.3) is 0 Å². The third-order valence-electron chi connectivity index (χ3n) is 2.74. The van der Waals surface area contributed by atoms with E-state index in [9.17, 15) is 5.21 Å². The molecule has 0 amide bonds. The topological polar surface area (TPSA) is 104 Å². The van der Waals surface area contributed by atoms with Crippen LogP contribution in [0.3, 0.4) is 0 Å². The molecule has 5 N–H and O–H groups in total. The molecule has 6 heteroatoms. The van der Waals surface area contributed by atoms with E-state index in [0.29, 0.717) is 4.73 Å². The molecule has 2 heterocycles. The molecule has 0 aliphatic carbocycles. The van der Waals surface area contributed by atoms with Crippen molar-refractivity contribution in [2.75, 3.05) is 18.0 Å². The second-order valence-electron chi connectivity index (χ2n) is 3.75. The molecule has 15 heavy (non-hydrogen) atoms. The fraction of sp³-hybridized carbons (Fsp3) is 0.556. The smallest absolute Gasteiger partial charge is 0.344 e. The van der Waals surface area contributed by atoms with E-state index in [1.54, 1.807) is 6.20 Å². The summed E-state index contributed by atoms with van der Waals surface area (Å²) in [6, 6.07) is 0.132. The number of aromatic nitrogens is 2. The Hall–Kier alpha value is -1.56. The fourth-order valence-electron chi connectivity index (χ4n) is 1.88. The number of nitrogens with one attached hydrogen (secondary N) is 1. The van der Waals surface area contributed by atoms with Crippen LogP contribution < -0.4 is 21.5 Å². The first kappa shape index (κ1) is 9.97. The van der Waals surface area contributed by atoms with Crippen molar-refractivity contribution in [2.45, 2.75) is 25.3 Å². The molecule has 1 atom stereocenters. The summed E-state index contributed by atoms with van der Waals surface area (Å²) < 4.78 is 0.478. The van der Waals surface area contributed by atoms with Crippen LogP contribution in [0.1, 0.15) is 30.9 Å². The van der Waals surface area contributed by atoms with Gasteiger partial charge in [0.15, 0.2) is 5.82 Å². The molecule has 0 radical (unpaired) electrons. The summed E-state index contributed by atoms with van der Waals surface area (Å²) >= 11 is 0. The van der Waals surface area contributed by atoms with Gasteiger partial charge in [0, 0.05) is 6.04 Å². The lowest BCUT2D eigenvalue weighted by molar-refractivity contribution is -0.577. The lowest BCUT2D eigenvalue weighted by atomic mass is 9.99. The maximum atomic E-state index is 11.4. The Morgan fingerprint density at radius 2 is 2.27 bits per heavy atom. The van der Waals surface area contributed by atoms with Gasteiger partial charge in [-0.25, -0.2) is 4.73 Å². The van der Waals surface area contributed by atoms with Gasteiger partial charge in [0.1, 0.15) is 0 Å². The number of rotatable bonds is 1. The SMILES string of the molecule is Nc1ncc(C2CCCCN2)c(N)[n+]1[O-]. The predicted octanol–water partition coefficient (Wildman–Crippen LogP) is -0.306. The molecule has 6 nitrogen and oxygen atoms in total. The lowest BCUT2D eigenvalue weighted by Crippen LogP contribution is -2.38. The van der Waals surface area contributed by atoms with E-state index in [1.807, 2.05) is 0 Å². The zero-order valence-corrected chi connectivity index (χ0v) is 8.44. The van der Waals surface area contributed by atoms with E-state index in [-0.39, 0.29) is 17.8 Å². The van der Waals surface area contributed by atoms with Gasteiger partial charge in [0.25, 0.3) is 0 Å². The monoisotopic (exact) mass is 209 g/mol. The normalized spacial score (nSPS) is 21.5. The van der Waals surface area contributed by atoms with Crippen LogP contribution in [-0.2, 0) is 0 Å². The van der Waals surface area contributed by atoms with Crippen LogP contribution in [0.15, 0.2) is 6.20 Å². The van der Waals surface area contributed by atoms with Crippen LogP contribution in [0.4, 0.5) is 11.8 Å². The van der Waals surface area contributed by atoms with Crippen LogP contribution in [0.2, 0.25) is 0 Å². The summed E-state index contributed by atoms with van der Waals surface area (Å²) in [7, 11) is 0. The second-order valence-corrected chi connectivity index (χ2v) is 3.75. The highest BCUT2D eigenvalue weighted by atomic mass is 16.5. The molecular formula is C9H15N5O. The van der Waals surface area contributed by atoms with Crippen molar-refractivity contribution in [3.05, 3.63) is 17.0 Å². The Balaban J connectivity index is 2.31. The standard InChI is InChI=1S/C9H15N5O/c10-8-6(5-13-9(11)14(8)15)7-3-1-2-4-12-7/h5,7,12H,1-4,10H2,(H2,11,13). The van der Waals surface area contributed by atoms with Crippen molar-refractivity contribution in [3.8, 4) is 0 Å². The summed E-state index contributed by atoms with van der Waals surface area (Å²) in [5, 5.41) is 14.7. The summed E-state index contributed by atoms with van der Waals surface area (Å²) in [5.41, 5.74) is 11.8. The van der Waals surface area contributed by atoms with Gasteiger partial charge in [-0.15, -0.1) is 4.98 Å². The molecule has 1 unspecified atom stereocenters. The molecule has 1 aromatic rings. The Morgan fingerprint density at radius 1 is 1.47 bits per heavy atom. The second kappa shape index (κ2) is 3.90. The van der Waals surface area contributed by atoms with Gasteiger partial charge < -0.3 is 22.0 Å². The minimum atomic E-state index is -0.105. The number of anilines is 2. The Morgan fingerprint density at radius 3 is 2.93 bits per heavy atom. The van der Waals surface area contributed by atoms with E-state index in [1.165, 1.54) is 0 Å². The van der Waals surface area contributed by atoms with E-state index in [0.717, 1.165) is 31.4 Å². The molecule has 1 aliphatic heterocycles. The maximum Gasteiger partial charge on any atom is 0.344 e. The highest BCUT2D eigenvalue weighted by Gasteiger charge is 2.21. The van der Waals surface area contributed by atoms with Crippen molar-refractivity contribution >= 4 is 11.8 Å². The number of piperidine rings is 1. The van der Waals surface area contributed by atoms with E-state index in [2.05, 4.69) is 10.3 Å². The molecule has 0 saturated carbocycles. The predicted molar refractivity (Wildman–Crippen MR) is 56.6 cm³/mol. The zero-order valence-electron chi connectivity index (χ0n) is 8.44. The molecule has 0 aromatic carbocycles. The summed E-state index contributed by atoms with van der Waals surface area (Å²) in [4.78, 5) is 3.82. The van der Waals surface area contributed by atoms with Crippen molar-refractivity contribution < 1.29 is 4.73 Å². The van der Waals surface area contributed by atoms with Crippen molar-refractivity contribution in [1.29, 1.82) is 0 Å². The van der Waals surface area contributed by atoms with E-state index < -0.39 is 0 Å².